The van der Waals surface area contributed by atoms with Crippen LogP contribution < -0.4 is 15.8 Å². The molecule has 1 aromatic carbocycles. The van der Waals surface area contributed by atoms with Crippen molar-refractivity contribution in [1.29, 1.82) is 0 Å². The molecule has 1 aromatic rings. The number of aliphatic hydroxyl groups is 1. The van der Waals surface area contributed by atoms with Crippen LogP contribution in [0.2, 0.25) is 0 Å². The first-order chi connectivity index (χ1) is 13.3. The van der Waals surface area contributed by atoms with Crippen molar-refractivity contribution >= 4 is 5.78 Å². The molecule has 1 saturated carbocycles. The van der Waals surface area contributed by atoms with Gasteiger partial charge in [0, 0.05) is 6.07 Å². The molecule has 1 fully saturated rings. The van der Waals surface area contributed by atoms with Crippen LogP contribution in [-0.4, -0.2) is 36.3 Å². The van der Waals surface area contributed by atoms with Gasteiger partial charge in [0.15, 0.2) is 23.2 Å². The standard InChI is InChI=1S/C19H26F4N2O3/c20-12-9-13(21)17(23)18(16(12)22)28-10-15(26)14(7-3-4-8-24)25-19(27)11-5-1-2-6-11/h9,11,14,19,25,27H,1-8,10,24H2/t14-,19?/m0/s1. The Morgan fingerprint density at radius 3 is 2.36 bits per heavy atom. The number of hydrogen-bond acceptors (Lipinski definition) is 5. The van der Waals surface area contributed by atoms with Crippen LogP contribution in [0, 0.1) is 29.2 Å². The van der Waals surface area contributed by atoms with Crippen LogP contribution in [0.25, 0.3) is 0 Å². The molecule has 0 radical (unpaired) electrons. The van der Waals surface area contributed by atoms with E-state index < -0.39 is 53.7 Å². The number of ether oxygens (including phenoxy) is 1. The predicted octanol–water partition coefficient (Wildman–Crippen LogP) is 2.79. The maximum atomic E-state index is 13.7. The molecule has 0 spiro atoms. The van der Waals surface area contributed by atoms with Gasteiger partial charge < -0.3 is 15.6 Å². The summed E-state index contributed by atoms with van der Waals surface area (Å²) in [7, 11) is 0. The second-order valence-corrected chi connectivity index (χ2v) is 7.05. The number of Topliss-reactive ketones (excluding diaryl/α,β-unsaturated/α-hetero) is 1. The quantitative estimate of drug-likeness (QED) is 0.228. The van der Waals surface area contributed by atoms with E-state index in [1.807, 2.05) is 0 Å². The average molecular weight is 406 g/mol. The molecule has 0 aliphatic heterocycles. The molecular formula is C19H26F4N2O3. The van der Waals surface area contributed by atoms with Crippen molar-refractivity contribution in [1.82, 2.24) is 5.32 Å². The molecule has 2 rings (SSSR count). The molecule has 1 aliphatic carbocycles. The summed E-state index contributed by atoms with van der Waals surface area (Å²) in [5, 5.41) is 13.2. The molecule has 4 N–H and O–H groups in total. The number of hydrogen-bond donors (Lipinski definition) is 3. The fourth-order valence-corrected chi connectivity index (χ4v) is 3.37. The van der Waals surface area contributed by atoms with Crippen molar-refractivity contribution < 1.29 is 32.2 Å². The fourth-order valence-electron chi connectivity index (χ4n) is 3.37. The molecule has 0 amide bonds. The highest BCUT2D eigenvalue weighted by Gasteiger charge is 2.29. The molecule has 0 aromatic heterocycles. The first kappa shape index (κ1) is 22.6. The van der Waals surface area contributed by atoms with Crippen molar-refractivity contribution in [2.75, 3.05) is 13.2 Å². The molecule has 5 nitrogen and oxygen atoms in total. The van der Waals surface area contributed by atoms with Gasteiger partial charge in [-0.15, -0.1) is 0 Å². The average Bonchev–Trinajstić information content (AvgIpc) is 3.20. The molecule has 1 aliphatic rings. The Morgan fingerprint density at radius 1 is 1.18 bits per heavy atom. The number of benzene rings is 1. The summed E-state index contributed by atoms with van der Waals surface area (Å²) in [5.74, 6) is -8.47. The second kappa shape index (κ2) is 10.7. The van der Waals surface area contributed by atoms with Crippen LogP contribution in [0.15, 0.2) is 6.07 Å². The van der Waals surface area contributed by atoms with E-state index in [2.05, 4.69) is 5.32 Å². The van der Waals surface area contributed by atoms with Gasteiger partial charge in [0.2, 0.25) is 11.6 Å². The summed E-state index contributed by atoms with van der Waals surface area (Å²) < 4.78 is 58.6. The first-order valence-corrected chi connectivity index (χ1v) is 9.47. The summed E-state index contributed by atoms with van der Waals surface area (Å²) in [4.78, 5) is 12.5. The van der Waals surface area contributed by atoms with Gasteiger partial charge in [-0.1, -0.05) is 19.3 Å². The zero-order valence-electron chi connectivity index (χ0n) is 15.5. The number of ketones is 1. The molecule has 28 heavy (non-hydrogen) atoms. The Balaban J connectivity index is 2.03. The summed E-state index contributed by atoms with van der Waals surface area (Å²) in [6, 6.07) is -0.763. The number of carbonyl (C=O) groups is 1. The van der Waals surface area contributed by atoms with E-state index in [9.17, 15) is 27.5 Å². The lowest BCUT2D eigenvalue weighted by Crippen LogP contribution is -2.47. The van der Waals surface area contributed by atoms with Crippen LogP contribution in [0.3, 0.4) is 0 Å². The number of rotatable bonds is 11. The molecule has 1 unspecified atom stereocenters. The van der Waals surface area contributed by atoms with Crippen LogP contribution in [0.5, 0.6) is 5.75 Å². The maximum Gasteiger partial charge on any atom is 0.203 e. The maximum absolute atomic E-state index is 13.7. The van der Waals surface area contributed by atoms with E-state index in [4.69, 9.17) is 10.5 Å². The van der Waals surface area contributed by atoms with E-state index in [1.54, 1.807) is 0 Å². The summed E-state index contributed by atoms with van der Waals surface area (Å²) >= 11 is 0. The van der Waals surface area contributed by atoms with E-state index in [0.717, 1.165) is 25.7 Å². The lowest BCUT2D eigenvalue weighted by atomic mass is 10.0. The van der Waals surface area contributed by atoms with Crippen LogP contribution in [0.1, 0.15) is 44.9 Å². The van der Waals surface area contributed by atoms with Crippen molar-refractivity contribution in [2.45, 2.75) is 57.2 Å². The van der Waals surface area contributed by atoms with Crippen LogP contribution >= 0.6 is 0 Å². The van der Waals surface area contributed by atoms with Gasteiger partial charge in [-0.2, -0.15) is 8.78 Å². The lowest BCUT2D eigenvalue weighted by Gasteiger charge is -2.25. The highest BCUT2D eigenvalue weighted by molar-refractivity contribution is 5.85. The highest BCUT2D eigenvalue weighted by Crippen LogP contribution is 2.28. The Kier molecular flexibility index (Phi) is 8.65. The predicted molar refractivity (Wildman–Crippen MR) is 94.6 cm³/mol. The van der Waals surface area contributed by atoms with Gasteiger partial charge in [-0.25, -0.2) is 8.78 Å². The molecule has 0 heterocycles. The van der Waals surface area contributed by atoms with Gasteiger partial charge in [0.05, 0.1) is 6.04 Å². The molecule has 0 saturated heterocycles. The minimum Gasteiger partial charge on any atom is -0.479 e. The summed E-state index contributed by atoms with van der Waals surface area (Å²) in [5.41, 5.74) is 5.45. The van der Waals surface area contributed by atoms with Crippen LogP contribution in [0.4, 0.5) is 17.6 Å². The van der Waals surface area contributed by atoms with Gasteiger partial charge >= 0.3 is 0 Å². The third kappa shape index (κ3) is 5.89. The number of carbonyl (C=O) groups excluding carboxylic acids is 1. The SMILES string of the molecule is NCCCC[C@H](NC(O)C1CCCC1)C(=O)COc1c(F)c(F)cc(F)c1F. The zero-order chi connectivity index (χ0) is 20.7. The minimum atomic E-state index is -1.70. The minimum absolute atomic E-state index is 0.0259. The topological polar surface area (TPSA) is 84.6 Å². The van der Waals surface area contributed by atoms with Crippen molar-refractivity contribution in [3.05, 3.63) is 29.3 Å². The third-order valence-electron chi connectivity index (χ3n) is 4.98. The fraction of sp³-hybridized carbons (Fsp3) is 0.632. The number of nitrogens with two attached hydrogens (primary N) is 1. The summed E-state index contributed by atoms with van der Waals surface area (Å²) in [6.07, 6.45) is 4.38. The molecular weight excluding hydrogens is 380 g/mol. The monoisotopic (exact) mass is 406 g/mol. The molecule has 2 atom stereocenters. The summed E-state index contributed by atoms with van der Waals surface area (Å²) in [6.45, 7) is -0.365. The Hall–Kier alpha value is -1.71. The lowest BCUT2D eigenvalue weighted by molar-refractivity contribution is -0.124. The Bertz CT molecular complexity index is 643. The van der Waals surface area contributed by atoms with E-state index in [1.165, 1.54) is 0 Å². The first-order valence-electron chi connectivity index (χ1n) is 9.47. The van der Waals surface area contributed by atoms with Crippen molar-refractivity contribution in [3.63, 3.8) is 0 Å². The third-order valence-corrected chi connectivity index (χ3v) is 4.98. The number of halogens is 4. The van der Waals surface area contributed by atoms with Crippen molar-refractivity contribution in [3.8, 4) is 5.75 Å². The number of nitrogens with one attached hydrogen (secondary N) is 1. The Labute approximate surface area is 161 Å². The Morgan fingerprint density at radius 2 is 1.79 bits per heavy atom. The van der Waals surface area contributed by atoms with Gasteiger partial charge in [-0.05, 0) is 38.1 Å². The van der Waals surface area contributed by atoms with E-state index in [-0.39, 0.29) is 12.0 Å². The molecule has 158 valence electrons. The van der Waals surface area contributed by atoms with Crippen molar-refractivity contribution in [2.24, 2.45) is 11.7 Å². The number of aliphatic hydroxyl groups excluding tert-OH is 1. The second-order valence-electron chi connectivity index (χ2n) is 7.05. The smallest absolute Gasteiger partial charge is 0.203 e. The van der Waals surface area contributed by atoms with Gasteiger partial charge in [0.25, 0.3) is 0 Å². The van der Waals surface area contributed by atoms with E-state index in [0.29, 0.717) is 25.8 Å². The van der Waals surface area contributed by atoms with E-state index >= 15 is 0 Å². The molecule has 0 bridgehead atoms. The highest BCUT2D eigenvalue weighted by atomic mass is 19.2. The van der Waals surface area contributed by atoms with Gasteiger partial charge in [0.1, 0.15) is 12.8 Å². The molecule has 9 heteroatoms. The normalized spacial score (nSPS) is 16.9. The zero-order valence-corrected chi connectivity index (χ0v) is 15.5. The van der Waals surface area contributed by atoms with Crippen LogP contribution in [-0.2, 0) is 4.79 Å². The van der Waals surface area contributed by atoms with Gasteiger partial charge in [-0.3, -0.25) is 10.1 Å². The number of unbranched alkanes of at least 4 members (excludes halogenated alkanes) is 1. The largest absolute Gasteiger partial charge is 0.479 e.